The number of aromatic nitrogens is 2. The Morgan fingerprint density at radius 2 is 1.85 bits per heavy atom. The smallest absolute Gasteiger partial charge is 0.140 e. The van der Waals surface area contributed by atoms with Crippen LogP contribution in [0.5, 0.6) is 0 Å². The molecule has 1 aliphatic carbocycles. The van der Waals surface area contributed by atoms with Gasteiger partial charge in [-0.25, -0.2) is 9.97 Å². The zero-order valence-corrected chi connectivity index (χ0v) is 19.5. The van der Waals surface area contributed by atoms with Crippen LogP contribution < -0.4 is 10.6 Å². The predicted molar refractivity (Wildman–Crippen MR) is 133 cm³/mol. The molecule has 3 aliphatic rings. The summed E-state index contributed by atoms with van der Waals surface area (Å²) >= 11 is 0. The first-order valence-corrected chi connectivity index (χ1v) is 12.4. The molecule has 2 aliphatic heterocycles. The van der Waals surface area contributed by atoms with Crippen molar-refractivity contribution in [2.75, 3.05) is 24.5 Å². The first-order valence-electron chi connectivity index (χ1n) is 12.4. The van der Waals surface area contributed by atoms with E-state index in [-0.39, 0.29) is 5.41 Å². The Hall–Kier alpha value is -2.76. The van der Waals surface area contributed by atoms with Crippen LogP contribution in [0.1, 0.15) is 60.1 Å². The Kier molecular flexibility index (Phi) is 5.19. The van der Waals surface area contributed by atoms with Crippen molar-refractivity contribution in [2.45, 2.75) is 57.0 Å². The van der Waals surface area contributed by atoms with Crippen LogP contribution in [0.25, 0.3) is 0 Å². The van der Waals surface area contributed by atoms with E-state index in [0.717, 1.165) is 51.3 Å². The molecule has 5 nitrogen and oxygen atoms in total. The number of rotatable bonds is 4. The summed E-state index contributed by atoms with van der Waals surface area (Å²) in [4.78, 5) is 14.6. The van der Waals surface area contributed by atoms with Crippen molar-refractivity contribution in [1.82, 2.24) is 14.9 Å². The minimum Gasteiger partial charge on any atom is -0.326 e. The molecule has 170 valence electrons. The second kappa shape index (κ2) is 8.23. The van der Waals surface area contributed by atoms with Gasteiger partial charge in [-0.2, -0.15) is 0 Å². The van der Waals surface area contributed by atoms with Gasteiger partial charge < -0.3 is 10.6 Å². The zero-order valence-electron chi connectivity index (χ0n) is 19.5. The molecule has 3 heterocycles. The number of anilines is 2. The van der Waals surface area contributed by atoms with Crippen LogP contribution in [0.15, 0.2) is 54.9 Å². The van der Waals surface area contributed by atoms with E-state index in [1.54, 1.807) is 6.33 Å². The van der Waals surface area contributed by atoms with E-state index in [1.807, 2.05) is 0 Å². The quantitative estimate of drug-likeness (QED) is 0.640. The monoisotopic (exact) mass is 439 g/mol. The molecule has 0 unspecified atom stereocenters. The highest BCUT2D eigenvalue weighted by molar-refractivity contribution is 5.75. The number of hydrogen-bond donors (Lipinski definition) is 1. The summed E-state index contributed by atoms with van der Waals surface area (Å²) in [6.07, 6.45) is 6.32. The van der Waals surface area contributed by atoms with E-state index in [1.165, 1.54) is 40.1 Å². The first kappa shape index (κ1) is 20.8. The van der Waals surface area contributed by atoms with Crippen LogP contribution >= 0.6 is 0 Å². The summed E-state index contributed by atoms with van der Waals surface area (Å²) in [7, 11) is 0. The lowest BCUT2D eigenvalue weighted by Gasteiger charge is -2.40. The van der Waals surface area contributed by atoms with Crippen molar-refractivity contribution in [1.29, 1.82) is 0 Å². The molecule has 0 radical (unpaired) electrons. The maximum Gasteiger partial charge on any atom is 0.140 e. The molecule has 1 saturated heterocycles. The predicted octanol–water partition coefficient (Wildman–Crippen LogP) is 4.67. The second-order valence-corrected chi connectivity index (χ2v) is 10.1. The van der Waals surface area contributed by atoms with Gasteiger partial charge in [-0.3, -0.25) is 4.90 Å². The van der Waals surface area contributed by atoms with Crippen LogP contribution in [0.3, 0.4) is 0 Å². The summed E-state index contributed by atoms with van der Waals surface area (Å²) in [6.45, 7) is 7.16. The lowest BCUT2D eigenvalue weighted by atomic mass is 9.72. The Morgan fingerprint density at radius 1 is 1.03 bits per heavy atom. The van der Waals surface area contributed by atoms with Crippen molar-refractivity contribution >= 4 is 11.5 Å². The van der Waals surface area contributed by atoms with Crippen molar-refractivity contribution in [2.24, 2.45) is 5.73 Å². The van der Waals surface area contributed by atoms with E-state index in [4.69, 9.17) is 10.7 Å². The molecule has 33 heavy (non-hydrogen) atoms. The fourth-order valence-corrected chi connectivity index (χ4v) is 6.48. The highest BCUT2D eigenvalue weighted by atomic mass is 15.2. The average Bonchev–Trinajstić information content (AvgIpc) is 3.40. The second-order valence-electron chi connectivity index (χ2n) is 10.1. The van der Waals surface area contributed by atoms with Crippen LogP contribution in [0.4, 0.5) is 11.5 Å². The summed E-state index contributed by atoms with van der Waals surface area (Å²) < 4.78 is 0. The van der Waals surface area contributed by atoms with Gasteiger partial charge in [-0.05, 0) is 67.4 Å². The van der Waals surface area contributed by atoms with Gasteiger partial charge in [0.05, 0.1) is 0 Å². The van der Waals surface area contributed by atoms with Crippen LogP contribution in [-0.2, 0) is 24.9 Å². The Bertz CT molecular complexity index is 1150. The first-order chi connectivity index (χ1) is 16.2. The number of nitrogens with two attached hydrogens (primary N) is 1. The molecule has 0 saturated carbocycles. The largest absolute Gasteiger partial charge is 0.326 e. The SMILES string of the molecule is C[C@@H]1CCc2ncnc(N3CC4(CCN(Cc5ccccc5)CC4)c4c(CN)cccc43)c21. The molecule has 1 atom stereocenters. The third-order valence-electron chi connectivity index (χ3n) is 8.20. The number of aryl methyl sites for hydroxylation is 1. The normalized spacial score (nSPS) is 21.4. The molecule has 0 bridgehead atoms. The van der Waals surface area contributed by atoms with E-state index < -0.39 is 0 Å². The molecule has 6 rings (SSSR count). The van der Waals surface area contributed by atoms with Crippen molar-refractivity contribution in [3.05, 3.63) is 82.8 Å². The molecule has 2 N–H and O–H groups in total. The standard InChI is InChI=1S/C28H33N5/c1-20-10-11-23-25(20)27(31-19-30-23)33-18-28(26-22(16-29)8-5-9-24(26)33)12-14-32(15-13-28)17-21-6-3-2-4-7-21/h2-9,19-20H,10-18,29H2,1H3/t20-/m1/s1. The third-order valence-corrected chi connectivity index (χ3v) is 8.20. The third kappa shape index (κ3) is 3.46. The van der Waals surface area contributed by atoms with Crippen LogP contribution in [0, 0.1) is 0 Å². The highest BCUT2D eigenvalue weighted by Gasteiger charge is 2.47. The van der Waals surface area contributed by atoms with E-state index in [2.05, 4.69) is 70.2 Å². The molecule has 5 heteroatoms. The van der Waals surface area contributed by atoms with E-state index in [9.17, 15) is 0 Å². The van der Waals surface area contributed by atoms with E-state index in [0.29, 0.717) is 12.5 Å². The molecule has 1 fully saturated rings. The fraction of sp³-hybridized carbons (Fsp3) is 0.429. The number of hydrogen-bond acceptors (Lipinski definition) is 5. The number of likely N-dealkylation sites (tertiary alicyclic amines) is 1. The van der Waals surface area contributed by atoms with Crippen molar-refractivity contribution in [3.63, 3.8) is 0 Å². The summed E-state index contributed by atoms with van der Waals surface area (Å²) in [6, 6.07) is 17.5. The van der Waals surface area contributed by atoms with Gasteiger partial charge in [-0.1, -0.05) is 49.4 Å². The Morgan fingerprint density at radius 3 is 2.64 bits per heavy atom. The number of piperidine rings is 1. The molecule has 3 aromatic rings. The molecule has 0 amide bonds. The number of fused-ring (bicyclic) bond motifs is 3. The van der Waals surface area contributed by atoms with Gasteiger partial charge in [-0.15, -0.1) is 0 Å². The summed E-state index contributed by atoms with van der Waals surface area (Å²) in [5.74, 6) is 1.64. The number of benzene rings is 2. The number of nitrogens with zero attached hydrogens (tertiary/aromatic N) is 4. The molecule has 1 aromatic heterocycles. The topological polar surface area (TPSA) is 58.3 Å². The maximum absolute atomic E-state index is 6.28. The van der Waals surface area contributed by atoms with Gasteiger partial charge in [0, 0.05) is 42.0 Å². The van der Waals surface area contributed by atoms with Crippen LogP contribution in [-0.4, -0.2) is 34.5 Å². The van der Waals surface area contributed by atoms with Gasteiger partial charge >= 0.3 is 0 Å². The van der Waals surface area contributed by atoms with Crippen LogP contribution in [0.2, 0.25) is 0 Å². The maximum atomic E-state index is 6.28. The van der Waals surface area contributed by atoms with Crippen molar-refractivity contribution < 1.29 is 0 Å². The molecular formula is C28H33N5. The Labute approximate surface area is 196 Å². The van der Waals surface area contributed by atoms with Gasteiger partial charge in [0.2, 0.25) is 0 Å². The summed E-state index contributed by atoms with van der Waals surface area (Å²) in [5.41, 5.74) is 14.5. The minimum atomic E-state index is 0.137. The molecule has 2 aromatic carbocycles. The van der Waals surface area contributed by atoms with Gasteiger partial charge in [0.1, 0.15) is 12.1 Å². The van der Waals surface area contributed by atoms with E-state index >= 15 is 0 Å². The fourth-order valence-electron chi connectivity index (χ4n) is 6.48. The average molecular weight is 440 g/mol. The van der Waals surface area contributed by atoms with Crippen molar-refractivity contribution in [3.8, 4) is 0 Å². The molecular weight excluding hydrogens is 406 g/mol. The highest BCUT2D eigenvalue weighted by Crippen LogP contribution is 2.52. The summed E-state index contributed by atoms with van der Waals surface area (Å²) in [5, 5.41) is 0. The minimum absolute atomic E-state index is 0.137. The molecule has 1 spiro atoms. The lowest BCUT2D eigenvalue weighted by Crippen LogP contribution is -2.44. The Balaban J connectivity index is 1.35. The van der Waals surface area contributed by atoms with Gasteiger partial charge in [0.15, 0.2) is 0 Å². The lowest BCUT2D eigenvalue weighted by molar-refractivity contribution is 0.160. The zero-order chi connectivity index (χ0) is 22.4. The van der Waals surface area contributed by atoms with Gasteiger partial charge in [0.25, 0.3) is 0 Å².